The van der Waals surface area contributed by atoms with Crippen molar-refractivity contribution in [3.8, 4) is 12.8 Å². The summed E-state index contributed by atoms with van der Waals surface area (Å²) in [4.78, 5) is 0.969. The highest BCUT2D eigenvalue weighted by atomic mass is 32.1. The van der Waals surface area contributed by atoms with Crippen LogP contribution in [0.1, 0.15) is 86.3 Å². The molecule has 162 valence electrons. The average Bonchev–Trinajstić information content (AvgIpc) is 2.73. The van der Waals surface area contributed by atoms with Gasteiger partial charge in [0.15, 0.2) is 0 Å². The topological polar surface area (TPSA) is 0 Å². The van der Waals surface area contributed by atoms with Gasteiger partial charge in [-0.2, -0.15) is 0 Å². The van der Waals surface area contributed by atoms with Gasteiger partial charge in [-0.15, -0.1) is 12.8 Å². The molecule has 0 bridgehead atoms. The molecule has 0 spiro atoms. The normalized spacial score (nSPS) is 11.3. The van der Waals surface area contributed by atoms with Crippen LogP contribution in [-0.2, 0) is 6.42 Å². The molecule has 1 aliphatic rings. The molecular weight excluding hydrogens is 368 g/mol. The van der Waals surface area contributed by atoms with E-state index in [0.717, 1.165) is 17.2 Å². The Morgan fingerprint density at radius 2 is 1.45 bits per heavy atom. The second kappa shape index (κ2) is 20.8. The van der Waals surface area contributed by atoms with Crippen molar-refractivity contribution in [3.05, 3.63) is 70.8 Å². The molecule has 0 unspecified atom stereocenters. The van der Waals surface area contributed by atoms with E-state index in [2.05, 4.69) is 83.5 Å². The fraction of sp³-hybridized carbons (Fsp3) is 0.464. The summed E-state index contributed by atoms with van der Waals surface area (Å²) in [7, 11) is 0. The first kappa shape index (κ1) is 31.8. The number of rotatable bonds is 4. The molecule has 0 atom stereocenters. The molecule has 0 aliphatic heterocycles. The van der Waals surface area contributed by atoms with Crippen LogP contribution in [0.2, 0.25) is 0 Å². The SMILES string of the molecule is C#C.C=C(C)C1=CC=C(C)CC1.CC.CC.CC(=S)c1ccc(CC(C)C)cc1. The van der Waals surface area contributed by atoms with Crippen LogP contribution in [0.15, 0.2) is 59.7 Å². The van der Waals surface area contributed by atoms with Crippen LogP contribution in [0.5, 0.6) is 0 Å². The molecule has 0 N–H and O–H groups in total. The highest BCUT2D eigenvalue weighted by molar-refractivity contribution is 7.80. The fourth-order valence-corrected chi connectivity index (χ4v) is 2.58. The molecule has 2 rings (SSSR count). The van der Waals surface area contributed by atoms with Crippen molar-refractivity contribution in [1.29, 1.82) is 0 Å². The molecule has 29 heavy (non-hydrogen) atoms. The Bertz CT molecular complexity index is 637. The van der Waals surface area contributed by atoms with Gasteiger partial charge in [-0.25, -0.2) is 0 Å². The molecule has 0 heterocycles. The highest BCUT2D eigenvalue weighted by Gasteiger charge is 2.02. The van der Waals surface area contributed by atoms with Crippen molar-refractivity contribution in [2.75, 3.05) is 0 Å². The second-order valence-electron chi connectivity index (χ2n) is 6.84. The van der Waals surface area contributed by atoms with Crippen molar-refractivity contribution < 1.29 is 0 Å². The van der Waals surface area contributed by atoms with E-state index in [1.54, 1.807) is 0 Å². The number of thiocarbonyl (C=S) groups is 1. The number of hydrogen-bond acceptors (Lipinski definition) is 1. The van der Waals surface area contributed by atoms with Crippen LogP contribution < -0.4 is 0 Å². The lowest BCUT2D eigenvalue weighted by atomic mass is 9.96. The Morgan fingerprint density at radius 1 is 0.966 bits per heavy atom. The second-order valence-corrected chi connectivity index (χ2v) is 7.45. The molecule has 0 fully saturated rings. The minimum absolute atomic E-state index is 0.722. The molecule has 0 amide bonds. The van der Waals surface area contributed by atoms with Crippen molar-refractivity contribution >= 4 is 17.1 Å². The molecule has 1 aromatic carbocycles. The van der Waals surface area contributed by atoms with Gasteiger partial charge in [0.1, 0.15) is 0 Å². The Kier molecular flexibility index (Phi) is 22.8. The van der Waals surface area contributed by atoms with Gasteiger partial charge in [-0.05, 0) is 62.7 Å². The molecule has 0 saturated heterocycles. The third-order valence-electron chi connectivity index (χ3n) is 3.91. The smallest absolute Gasteiger partial charge is 0.0193 e. The molecule has 0 nitrogen and oxygen atoms in total. The summed E-state index contributed by atoms with van der Waals surface area (Å²) >= 11 is 5.09. The van der Waals surface area contributed by atoms with Gasteiger partial charge in [0, 0.05) is 4.86 Å². The average molecular weight is 413 g/mol. The maximum Gasteiger partial charge on any atom is 0.0193 e. The summed E-state index contributed by atoms with van der Waals surface area (Å²) in [6, 6.07) is 8.57. The number of benzene rings is 1. The van der Waals surface area contributed by atoms with Crippen LogP contribution in [0.4, 0.5) is 0 Å². The van der Waals surface area contributed by atoms with Crippen LogP contribution in [-0.4, -0.2) is 4.86 Å². The first-order valence-corrected chi connectivity index (χ1v) is 11.2. The molecule has 0 saturated carbocycles. The maximum atomic E-state index is 5.09. The van der Waals surface area contributed by atoms with Gasteiger partial charge in [-0.3, -0.25) is 0 Å². The number of hydrogen-bond donors (Lipinski definition) is 0. The van der Waals surface area contributed by atoms with Gasteiger partial charge >= 0.3 is 0 Å². The van der Waals surface area contributed by atoms with Gasteiger partial charge in [0.05, 0.1) is 0 Å². The van der Waals surface area contributed by atoms with Gasteiger partial charge in [0.25, 0.3) is 0 Å². The fourth-order valence-electron chi connectivity index (χ4n) is 2.44. The lowest BCUT2D eigenvalue weighted by molar-refractivity contribution is 0.647. The largest absolute Gasteiger partial charge is 0.124 e. The molecule has 0 aromatic heterocycles. The molecule has 1 aromatic rings. The highest BCUT2D eigenvalue weighted by Crippen LogP contribution is 2.21. The summed E-state index contributed by atoms with van der Waals surface area (Å²) in [5.41, 5.74) is 6.66. The third kappa shape index (κ3) is 16.7. The van der Waals surface area contributed by atoms with E-state index in [0.29, 0.717) is 0 Å². The minimum atomic E-state index is 0.722. The van der Waals surface area contributed by atoms with E-state index in [1.807, 2.05) is 34.6 Å². The van der Waals surface area contributed by atoms with Crippen molar-refractivity contribution in [1.82, 2.24) is 0 Å². The molecule has 0 radical (unpaired) electrons. The first-order valence-electron chi connectivity index (χ1n) is 10.7. The van der Waals surface area contributed by atoms with Crippen molar-refractivity contribution in [3.63, 3.8) is 0 Å². The predicted octanol–water partition coefficient (Wildman–Crippen LogP) is 9.15. The first-order chi connectivity index (χ1) is 13.8. The predicted molar refractivity (Wildman–Crippen MR) is 141 cm³/mol. The summed E-state index contributed by atoms with van der Waals surface area (Å²) in [6.07, 6.45) is 15.9. The van der Waals surface area contributed by atoms with Gasteiger partial charge < -0.3 is 0 Å². The van der Waals surface area contributed by atoms with Crippen LogP contribution in [0, 0.1) is 18.8 Å². The lowest BCUT2D eigenvalue weighted by Gasteiger charge is -2.10. The van der Waals surface area contributed by atoms with Gasteiger partial charge in [0.2, 0.25) is 0 Å². The third-order valence-corrected chi connectivity index (χ3v) is 4.15. The number of terminal acetylenes is 1. The molecular formula is C28H44S. The summed E-state index contributed by atoms with van der Waals surface area (Å²) < 4.78 is 0. The Morgan fingerprint density at radius 3 is 1.76 bits per heavy atom. The van der Waals surface area contributed by atoms with E-state index in [4.69, 9.17) is 12.2 Å². The van der Waals surface area contributed by atoms with Crippen LogP contribution in [0.3, 0.4) is 0 Å². The Balaban J connectivity index is -0.000000377. The van der Waals surface area contributed by atoms with E-state index in [1.165, 1.54) is 40.7 Å². The minimum Gasteiger partial charge on any atom is -0.124 e. The lowest BCUT2D eigenvalue weighted by Crippen LogP contribution is -1.95. The van der Waals surface area contributed by atoms with Crippen LogP contribution >= 0.6 is 12.2 Å². The van der Waals surface area contributed by atoms with Crippen molar-refractivity contribution in [2.24, 2.45) is 5.92 Å². The van der Waals surface area contributed by atoms with E-state index < -0.39 is 0 Å². The summed E-state index contributed by atoms with van der Waals surface area (Å²) in [6.45, 7) is 22.6. The van der Waals surface area contributed by atoms with Crippen molar-refractivity contribution in [2.45, 2.75) is 81.6 Å². The van der Waals surface area contributed by atoms with E-state index in [-0.39, 0.29) is 0 Å². The standard InChI is InChI=1S/C12H16S.C10H14.2C2H6.C2H2/c1-9(2)8-11-4-6-12(7-5-11)10(3)13;1-8(2)10-6-4-9(3)5-7-10;3*1-2/h4-7,9H,8H2,1-3H3;4,6H,1,5,7H2,2-3H3;2*1-2H3;1-2H. The Labute approximate surface area is 188 Å². The summed E-state index contributed by atoms with van der Waals surface area (Å²) in [5, 5.41) is 0. The zero-order chi connectivity index (χ0) is 23.4. The molecule has 1 aliphatic carbocycles. The van der Waals surface area contributed by atoms with Gasteiger partial charge in [-0.1, -0.05) is 108 Å². The quantitative estimate of drug-likeness (QED) is 0.270. The monoisotopic (exact) mass is 412 g/mol. The summed E-state index contributed by atoms with van der Waals surface area (Å²) in [5.74, 6) is 0.722. The maximum absolute atomic E-state index is 5.09. The zero-order valence-electron chi connectivity index (χ0n) is 20.4. The molecule has 1 heteroatoms. The Hall–Kier alpha value is -1.91. The number of allylic oxidation sites excluding steroid dienone is 5. The van der Waals surface area contributed by atoms with E-state index in [9.17, 15) is 0 Å². The van der Waals surface area contributed by atoms with Crippen LogP contribution in [0.25, 0.3) is 0 Å². The zero-order valence-corrected chi connectivity index (χ0v) is 21.2. The van der Waals surface area contributed by atoms with E-state index >= 15 is 0 Å².